The van der Waals surface area contributed by atoms with E-state index in [0.717, 1.165) is 6.42 Å². The van der Waals surface area contributed by atoms with Crippen molar-refractivity contribution in [2.45, 2.75) is 24.9 Å². The van der Waals surface area contributed by atoms with Gasteiger partial charge in [-0.3, -0.25) is 9.59 Å². The number of hydrogen-bond acceptors (Lipinski definition) is 6. The second-order valence-corrected chi connectivity index (χ2v) is 7.85. The summed E-state index contributed by atoms with van der Waals surface area (Å²) in [5, 5.41) is 5.30. The van der Waals surface area contributed by atoms with E-state index in [1.54, 1.807) is 19.1 Å². The number of carbonyl (C=O) groups excluding carboxylic acids is 3. The first-order chi connectivity index (χ1) is 14.3. The van der Waals surface area contributed by atoms with E-state index in [1.165, 1.54) is 13.2 Å². The van der Waals surface area contributed by atoms with Gasteiger partial charge in [0.05, 0.1) is 12.2 Å². The van der Waals surface area contributed by atoms with Gasteiger partial charge in [0.15, 0.2) is 0 Å². The lowest BCUT2D eigenvalue weighted by molar-refractivity contribution is -0.126. The molecular weight excluding hydrogens is 395 g/mol. The van der Waals surface area contributed by atoms with E-state index in [2.05, 4.69) is 10.6 Å². The normalized spacial score (nSPS) is 22.9. The number of nitrogens with one attached hydrogen (secondary N) is 2. The van der Waals surface area contributed by atoms with Gasteiger partial charge in [0.25, 0.3) is 0 Å². The summed E-state index contributed by atoms with van der Waals surface area (Å²) in [6, 6.07) is 4.53. The van der Waals surface area contributed by atoms with E-state index < -0.39 is 29.3 Å². The minimum absolute atomic E-state index is 0.0109. The Morgan fingerprint density at radius 3 is 2.83 bits per heavy atom. The van der Waals surface area contributed by atoms with Crippen LogP contribution >= 0.6 is 0 Å². The lowest BCUT2D eigenvalue weighted by Crippen LogP contribution is -2.49. The average molecular weight is 422 g/mol. The van der Waals surface area contributed by atoms with Crippen LogP contribution in [0, 0.1) is 11.7 Å². The number of rotatable bonds is 8. The van der Waals surface area contributed by atoms with Crippen molar-refractivity contribution in [2.75, 3.05) is 44.8 Å². The molecule has 3 atom stereocenters. The highest BCUT2D eigenvalue weighted by atomic mass is 19.1. The van der Waals surface area contributed by atoms with Gasteiger partial charge in [0.2, 0.25) is 11.8 Å². The number of primary amides is 1. The van der Waals surface area contributed by atoms with E-state index in [1.807, 2.05) is 4.90 Å². The Hall–Kier alpha value is -2.88. The van der Waals surface area contributed by atoms with Crippen molar-refractivity contribution < 1.29 is 28.2 Å². The van der Waals surface area contributed by atoms with E-state index in [0.29, 0.717) is 30.9 Å². The number of nitrogens with zero attached hydrogens (tertiary/aromatic N) is 1. The molecule has 164 valence electrons. The molecule has 0 aromatic heterocycles. The smallest absolute Gasteiger partial charge is 0.407 e. The molecule has 3 rings (SSSR count). The highest BCUT2D eigenvalue weighted by Gasteiger charge is 2.47. The van der Waals surface area contributed by atoms with Gasteiger partial charge in [-0.2, -0.15) is 0 Å². The number of cyclic esters (lactones) is 1. The zero-order valence-corrected chi connectivity index (χ0v) is 17.1. The molecule has 0 saturated carbocycles. The average Bonchev–Trinajstić information content (AvgIpc) is 3.35. The third-order valence-corrected chi connectivity index (χ3v) is 5.87. The molecule has 2 aliphatic heterocycles. The number of alkyl carbamates (subject to hydrolysis) is 1. The van der Waals surface area contributed by atoms with Gasteiger partial charge < -0.3 is 30.7 Å². The van der Waals surface area contributed by atoms with Crippen LogP contribution in [0.1, 0.15) is 18.9 Å². The first-order valence-electron chi connectivity index (χ1n) is 9.80. The number of ether oxygens (including phenoxy) is 2. The highest BCUT2D eigenvalue weighted by Crippen LogP contribution is 2.35. The third-order valence-electron chi connectivity index (χ3n) is 5.87. The van der Waals surface area contributed by atoms with Crippen LogP contribution in [0.15, 0.2) is 18.2 Å². The number of carbonyl (C=O) groups is 3. The molecule has 2 saturated heterocycles. The number of nitrogens with two attached hydrogens (primary N) is 1. The molecule has 1 aromatic carbocycles. The molecule has 3 unspecified atom stereocenters. The summed E-state index contributed by atoms with van der Waals surface area (Å²) >= 11 is 0. The van der Waals surface area contributed by atoms with Crippen LogP contribution in [0.3, 0.4) is 0 Å². The van der Waals surface area contributed by atoms with Crippen molar-refractivity contribution in [1.82, 2.24) is 10.6 Å². The quantitative estimate of drug-likeness (QED) is 0.553. The molecule has 30 heavy (non-hydrogen) atoms. The Labute approximate surface area is 174 Å². The molecule has 9 nitrogen and oxygen atoms in total. The number of amides is 3. The second-order valence-electron chi connectivity index (χ2n) is 7.85. The lowest BCUT2D eigenvalue weighted by atomic mass is 9.76. The van der Waals surface area contributed by atoms with Gasteiger partial charge in [-0.05, 0) is 37.0 Å². The molecule has 0 aliphatic carbocycles. The minimum atomic E-state index is -1.36. The fraction of sp³-hybridized carbons (Fsp3) is 0.550. The molecule has 2 heterocycles. The summed E-state index contributed by atoms with van der Waals surface area (Å²) in [4.78, 5) is 37.1. The van der Waals surface area contributed by atoms with E-state index in [-0.39, 0.29) is 25.0 Å². The molecule has 0 spiro atoms. The zero-order chi connectivity index (χ0) is 21.9. The van der Waals surface area contributed by atoms with E-state index in [9.17, 15) is 18.8 Å². The van der Waals surface area contributed by atoms with Gasteiger partial charge in [-0.1, -0.05) is 6.07 Å². The first kappa shape index (κ1) is 21.8. The summed E-state index contributed by atoms with van der Waals surface area (Å²) in [7, 11) is 1.46. The van der Waals surface area contributed by atoms with Crippen LogP contribution in [-0.4, -0.2) is 63.9 Å². The van der Waals surface area contributed by atoms with Gasteiger partial charge >= 0.3 is 6.09 Å². The predicted molar refractivity (Wildman–Crippen MR) is 106 cm³/mol. The predicted octanol–water partition coefficient (Wildman–Crippen LogP) is 0.266. The van der Waals surface area contributed by atoms with Gasteiger partial charge in [-0.25, -0.2) is 9.18 Å². The van der Waals surface area contributed by atoms with Crippen molar-refractivity contribution in [2.24, 2.45) is 11.7 Å². The fourth-order valence-electron chi connectivity index (χ4n) is 3.94. The Morgan fingerprint density at radius 1 is 1.47 bits per heavy atom. The Bertz CT molecular complexity index is 835. The highest BCUT2D eigenvalue weighted by molar-refractivity contribution is 5.88. The Balaban J connectivity index is 1.71. The maximum absolute atomic E-state index is 15.0. The summed E-state index contributed by atoms with van der Waals surface area (Å²) in [6.45, 7) is 3.42. The third kappa shape index (κ3) is 4.33. The summed E-state index contributed by atoms with van der Waals surface area (Å²) < 4.78 is 24.9. The Kier molecular flexibility index (Phi) is 6.45. The van der Waals surface area contributed by atoms with Gasteiger partial charge in [0.1, 0.15) is 23.9 Å². The van der Waals surface area contributed by atoms with Crippen LogP contribution in [0.25, 0.3) is 0 Å². The van der Waals surface area contributed by atoms with Crippen LogP contribution in [-0.2, 0) is 24.5 Å². The van der Waals surface area contributed by atoms with Crippen LogP contribution < -0.4 is 21.3 Å². The van der Waals surface area contributed by atoms with Crippen LogP contribution in [0.4, 0.5) is 14.9 Å². The molecular formula is C20H27FN4O5. The minimum Gasteiger partial charge on any atom is -0.443 e. The largest absolute Gasteiger partial charge is 0.443 e. The van der Waals surface area contributed by atoms with Gasteiger partial charge in [0, 0.05) is 26.7 Å². The zero-order valence-electron chi connectivity index (χ0n) is 17.1. The van der Waals surface area contributed by atoms with E-state index >= 15 is 0 Å². The molecule has 2 fully saturated rings. The van der Waals surface area contributed by atoms with Crippen molar-refractivity contribution >= 4 is 23.6 Å². The van der Waals surface area contributed by atoms with Gasteiger partial charge in [-0.15, -0.1) is 0 Å². The molecule has 4 N–H and O–H groups in total. The summed E-state index contributed by atoms with van der Waals surface area (Å²) in [5.74, 6) is -1.17. The van der Waals surface area contributed by atoms with Crippen LogP contribution in [0.2, 0.25) is 0 Å². The maximum atomic E-state index is 15.0. The number of hydrogen-bond donors (Lipinski definition) is 3. The summed E-state index contributed by atoms with van der Waals surface area (Å²) in [6.07, 6.45) is -0.637. The van der Waals surface area contributed by atoms with Crippen molar-refractivity contribution in [3.05, 3.63) is 29.6 Å². The molecule has 10 heteroatoms. The Morgan fingerprint density at radius 2 is 2.23 bits per heavy atom. The maximum Gasteiger partial charge on any atom is 0.407 e. The van der Waals surface area contributed by atoms with Crippen molar-refractivity contribution in [3.63, 3.8) is 0 Å². The first-order valence-corrected chi connectivity index (χ1v) is 9.80. The molecule has 3 amide bonds. The van der Waals surface area contributed by atoms with Crippen LogP contribution in [0.5, 0.6) is 0 Å². The number of halogens is 1. The lowest BCUT2D eigenvalue weighted by Gasteiger charge is -2.31. The van der Waals surface area contributed by atoms with E-state index in [4.69, 9.17) is 15.2 Å². The molecule has 0 bridgehead atoms. The number of anilines is 1. The molecule has 1 aromatic rings. The number of benzene rings is 1. The molecule has 2 aliphatic rings. The fourth-order valence-corrected chi connectivity index (χ4v) is 3.94. The number of methoxy groups -OCH3 is 1. The van der Waals surface area contributed by atoms with Crippen molar-refractivity contribution in [3.8, 4) is 0 Å². The second kappa shape index (κ2) is 8.86. The standard InChI is InChI=1S/C20H27FN4O5/c1-20(18(22)27,16-9-24-19(28)30-16)13-3-4-15(14(21)7-13)25-6-5-12(10-25)8-23-17(26)11-29-2/h3-4,7,12,16H,5-6,8-11H2,1-2H3,(H2,22,27)(H,23,26)(H,24,28). The topological polar surface area (TPSA) is 123 Å². The molecule has 0 radical (unpaired) electrons. The summed E-state index contributed by atoms with van der Waals surface area (Å²) in [5.41, 5.74) is 5.00. The van der Waals surface area contributed by atoms with Crippen molar-refractivity contribution in [1.29, 1.82) is 0 Å². The SMILES string of the molecule is COCC(=O)NCC1CCN(c2ccc(C(C)(C(N)=O)C3CNC(=O)O3)cc2F)C1. The monoisotopic (exact) mass is 422 g/mol.